The molecule has 0 saturated heterocycles. The Morgan fingerprint density at radius 2 is 2.10 bits per heavy atom. The van der Waals surface area contributed by atoms with Gasteiger partial charge in [0, 0.05) is 6.07 Å². The van der Waals surface area contributed by atoms with Crippen LogP contribution in [0.1, 0.15) is 21.6 Å². The summed E-state index contributed by atoms with van der Waals surface area (Å²) in [5.41, 5.74) is 4.05. The number of halogens is 3. The van der Waals surface area contributed by atoms with E-state index in [1.807, 2.05) is 0 Å². The molecule has 0 unspecified atom stereocenters. The number of aromatic nitrogens is 2. The highest BCUT2D eigenvalue weighted by molar-refractivity contribution is 6.03. The highest BCUT2D eigenvalue weighted by atomic mass is 19.4. The molecule has 0 fully saturated rings. The van der Waals surface area contributed by atoms with Crippen molar-refractivity contribution < 1.29 is 18.0 Å². The molecule has 0 aliphatic carbocycles. The minimum absolute atomic E-state index is 0.0243. The van der Waals surface area contributed by atoms with E-state index in [-0.39, 0.29) is 22.8 Å². The van der Waals surface area contributed by atoms with Crippen molar-refractivity contribution in [2.45, 2.75) is 6.18 Å². The number of nitrogens with two attached hydrogens (primary N) is 1. The van der Waals surface area contributed by atoms with Gasteiger partial charge in [0.2, 0.25) is 0 Å². The predicted octanol–water partition coefficient (Wildman–Crippen LogP) is 2.13. The molecule has 4 N–H and O–H groups in total. The Balaban J connectivity index is 2.29. The maximum absolute atomic E-state index is 12.5. The third-order valence-electron chi connectivity index (χ3n) is 2.56. The van der Waals surface area contributed by atoms with Gasteiger partial charge in [0.25, 0.3) is 5.91 Å². The van der Waals surface area contributed by atoms with Gasteiger partial charge in [-0.05, 0) is 18.2 Å². The van der Waals surface area contributed by atoms with E-state index in [2.05, 4.69) is 15.5 Å². The number of carbonyl (C=O) groups is 1. The van der Waals surface area contributed by atoms with Crippen molar-refractivity contribution in [3.05, 3.63) is 41.1 Å². The highest BCUT2D eigenvalue weighted by Crippen LogP contribution is 2.31. The lowest BCUT2D eigenvalue weighted by atomic mass is 10.1. The number of hydrogen-bond donors (Lipinski definition) is 3. The average molecular weight is 295 g/mol. The van der Waals surface area contributed by atoms with Crippen molar-refractivity contribution in [1.29, 1.82) is 5.26 Å². The fourth-order valence-electron chi connectivity index (χ4n) is 1.57. The quantitative estimate of drug-likeness (QED) is 0.788. The molecule has 1 aromatic carbocycles. The Morgan fingerprint density at radius 3 is 2.62 bits per heavy atom. The fraction of sp³-hybridized carbons (Fsp3) is 0.0833. The van der Waals surface area contributed by atoms with E-state index < -0.39 is 17.6 Å². The standard InChI is InChI=1S/C12H8F3N5O/c13-12(14,15)7-1-2-8(6(3-7)5-16)18-11(21)9-4-10(17)20-19-9/h1-4H,(H,18,21)(H3,17,19,20). The number of carbonyl (C=O) groups excluding carboxylic acids is 1. The monoisotopic (exact) mass is 295 g/mol. The summed E-state index contributed by atoms with van der Waals surface area (Å²) in [5, 5.41) is 17.1. The molecular formula is C12H8F3N5O. The van der Waals surface area contributed by atoms with Crippen molar-refractivity contribution in [2.75, 3.05) is 11.1 Å². The summed E-state index contributed by atoms with van der Waals surface area (Å²) in [7, 11) is 0. The number of anilines is 2. The van der Waals surface area contributed by atoms with Crippen molar-refractivity contribution in [3.63, 3.8) is 0 Å². The van der Waals surface area contributed by atoms with Gasteiger partial charge in [-0.15, -0.1) is 0 Å². The van der Waals surface area contributed by atoms with E-state index in [1.165, 1.54) is 6.07 Å². The molecule has 0 saturated carbocycles. The number of nitrogens with zero attached hydrogens (tertiary/aromatic N) is 2. The van der Waals surface area contributed by atoms with Gasteiger partial charge in [-0.3, -0.25) is 9.89 Å². The molecule has 0 radical (unpaired) electrons. The minimum Gasteiger partial charge on any atom is -0.382 e. The SMILES string of the molecule is N#Cc1cc(C(F)(F)F)ccc1NC(=O)c1cc(N)n[nH]1. The van der Waals surface area contributed by atoms with Crippen LogP contribution in [0.3, 0.4) is 0 Å². The number of nitriles is 1. The van der Waals surface area contributed by atoms with Gasteiger partial charge in [0.05, 0.1) is 16.8 Å². The summed E-state index contributed by atoms with van der Waals surface area (Å²) < 4.78 is 37.6. The Hall–Kier alpha value is -3.02. The molecule has 21 heavy (non-hydrogen) atoms. The second-order valence-corrected chi connectivity index (χ2v) is 4.03. The second-order valence-electron chi connectivity index (χ2n) is 4.03. The van der Waals surface area contributed by atoms with Crippen LogP contribution in [0.2, 0.25) is 0 Å². The molecule has 0 bridgehead atoms. The molecule has 2 rings (SSSR count). The molecule has 1 aromatic heterocycles. The molecule has 2 aromatic rings. The lowest BCUT2D eigenvalue weighted by Crippen LogP contribution is -2.14. The number of nitrogen functional groups attached to an aromatic ring is 1. The normalized spacial score (nSPS) is 11.0. The number of H-pyrrole nitrogens is 1. The number of hydrogen-bond acceptors (Lipinski definition) is 4. The van der Waals surface area contributed by atoms with E-state index in [4.69, 9.17) is 11.0 Å². The van der Waals surface area contributed by atoms with Gasteiger partial charge < -0.3 is 11.1 Å². The van der Waals surface area contributed by atoms with Gasteiger partial charge in [0.1, 0.15) is 17.6 Å². The Kier molecular flexibility index (Phi) is 3.54. The van der Waals surface area contributed by atoms with E-state index in [0.29, 0.717) is 6.07 Å². The molecule has 9 heteroatoms. The first-order valence-electron chi connectivity index (χ1n) is 5.55. The maximum Gasteiger partial charge on any atom is 0.416 e. The maximum atomic E-state index is 12.5. The third-order valence-corrected chi connectivity index (χ3v) is 2.56. The number of alkyl halides is 3. The van der Waals surface area contributed by atoms with Gasteiger partial charge in [-0.25, -0.2) is 0 Å². The summed E-state index contributed by atoms with van der Waals surface area (Å²) in [6, 6.07) is 5.31. The lowest BCUT2D eigenvalue weighted by molar-refractivity contribution is -0.137. The third kappa shape index (κ3) is 3.11. The first kappa shape index (κ1) is 14.4. The zero-order chi connectivity index (χ0) is 15.6. The first-order valence-corrected chi connectivity index (χ1v) is 5.55. The number of nitrogens with one attached hydrogen (secondary N) is 2. The Morgan fingerprint density at radius 1 is 1.38 bits per heavy atom. The van der Waals surface area contributed by atoms with Gasteiger partial charge >= 0.3 is 6.18 Å². The minimum atomic E-state index is -4.56. The molecule has 0 atom stereocenters. The van der Waals surface area contributed by atoms with Crippen LogP contribution < -0.4 is 11.1 Å². The molecular weight excluding hydrogens is 287 g/mol. The largest absolute Gasteiger partial charge is 0.416 e. The molecule has 0 aliphatic rings. The topological polar surface area (TPSA) is 108 Å². The number of amides is 1. The van der Waals surface area contributed by atoms with Crippen molar-refractivity contribution >= 4 is 17.4 Å². The number of benzene rings is 1. The smallest absolute Gasteiger partial charge is 0.382 e. The van der Waals surface area contributed by atoms with Crippen LogP contribution in [0.25, 0.3) is 0 Å². The van der Waals surface area contributed by atoms with Crippen molar-refractivity contribution in [1.82, 2.24) is 10.2 Å². The molecule has 1 amide bonds. The molecule has 6 nitrogen and oxygen atoms in total. The lowest BCUT2D eigenvalue weighted by Gasteiger charge is -2.10. The summed E-state index contributed by atoms with van der Waals surface area (Å²) in [4.78, 5) is 11.8. The van der Waals surface area contributed by atoms with Crippen LogP contribution in [0.15, 0.2) is 24.3 Å². The zero-order valence-corrected chi connectivity index (χ0v) is 10.3. The molecule has 1 heterocycles. The van der Waals surface area contributed by atoms with E-state index in [1.54, 1.807) is 6.07 Å². The van der Waals surface area contributed by atoms with E-state index in [0.717, 1.165) is 12.1 Å². The summed E-state index contributed by atoms with van der Waals surface area (Å²) in [5.74, 6) is -0.580. The van der Waals surface area contributed by atoms with Crippen LogP contribution >= 0.6 is 0 Å². The average Bonchev–Trinajstić information content (AvgIpc) is 2.84. The van der Waals surface area contributed by atoms with E-state index >= 15 is 0 Å². The highest BCUT2D eigenvalue weighted by Gasteiger charge is 2.31. The summed E-state index contributed by atoms with van der Waals surface area (Å²) in [6.45, 7) is 0. The van der Waals surface area contributed by atoms with Crippen LogP contribution in [0.4, 0.5) is 24.7 Å². The van der Waals surface area contributed by atoms with E-state index in [9.17, 15) is 18.0 Å². The van der Waals surface area contributed by atoms with Crippen molar-refractivity contribution in [2.24, 2.45) is 0 Å². The fourth-order valence-corrected chi connectivity index (χ4v) is 1.57. The van der Waals surface area contributed by atoms with Crippen molar-refractivity contribution in [3.8, 4) is 6.07 Å². The Labute approximate surface area is 116 Å². The second kappa shape index (κ2) is 5.16. The predicted molar refractivity (Wildman–Crippen MR) is 67.1 cm³/mol. The molecule has 108 valence electrons. The summed E-state index contributed by atoms with van der Waals surface area (Å²) in [6.07, 6.45) is -4.56. The first-order chi connectivity index (χ1) is 9.81. The van der Waals surface area contributed by atoms with Gasteiger partial charge in [0.15, 0.2) is 0 Å². The van der Waals surface area contributed by atoms with Crippen LogP contribution in [-0.2, 0) is 6.18 Å². The number of aromatic amines is 1. The molecule has 0 spiro atoms. The van der Waals surface area contributed by atoms with Crippen LogP contribution in [0.5, 0.6) is 0 Å². The Bertz CT molecular complexity index is 729. The molecule has 0 aliphatic heterocycles. The van der Waals surface area contributed by atoms with Gasteiger partial charge in [-0.2, -0.15) is 23.5 Å². The van der Waals surface area contributed by atoms with Crippen LogP contribution in [0, 0.1) is 11.3 Å². The van der Waals surface area contributed by atoms with Gasteiger partial charge in [-0.1, -0.05) is 0 Å². The van der Waals surface area contributed by atoms with Crippen LogP contribution in [-0.4, -0.2) is 16.1 Å². The summed E-state index contributed by atoms with van der Waals surface area (Å²) >= 11 is 0. The zero-order valence-electron chi connectivity index (χ0n) is 10.3. The number of rotatable bonds is 2.